The number of anilines is 1. The van der Waals surface area contributed by atoms with Crippen LogP contribution in [0, 0.1) is 0 Å². The van der Waals surface area contributed by atoms with Gasteiger partial charge < -0.3 is 15.6 Å². The highest BCUT2D eigenvalue weighted by molar-refractivity contribution is 5.67. The molecule has 0 fully saturated rings. The maximum atomic E-state index is 9.62. The molecule has 3 rings (SSSR count). The molecule has 2 aromatic heterocycles. The van der Waals surface area contributed by atoms with Gasteiger partial charge in [-0.05, 0) is 23.8 Å². The average molecular weight is 311 g/mol. The Labute approximate surface area is 133 Å². The molecule has 3 N–H and O–H groups in total. The van der Waals surface area contributed by atoms with Crippen molar-refractivity contribution in [2.75, 3.05) is 12.8 Å². The zero-order valence-electron chi connectivity index (χ0n) is 12.7. The largest absolute Gasteiger partial charge is 0.497 e. The Bertz CT molecular complexity index is 784. The van der Waals surface area contributed by atoms with Crippen molar-refractivity contribution in [1.82, 2.24) is 20.0 Å². The van der Waals surface area contributed by atoms with Crippen LogP contribution in [0.3, 0.4) is 0 Å². The summed E-state index contributed by atoms with van der Waals surface area (Å²) in [7, 11) is 1.63. The Kier molecular flexibility index (Phi) is 4.20. The first-order chi connectivity index (χ1) is 11.2. The van der Waals surface area contributed by atoms with E-state index in [1.807, 2.05) is 24.3 Å². The summed E-state index contributed by atoms with van der Waals surface area (Å²) in [6.45, 7) is 0.313. The summed E-state index contributed by atoms with van der Waals surface area (Å²) >= 11 is 0. The molecule has 0 unspecified atom stereocenters. The van der Waals surface area contributed by atoms with Crippen LogP contribution in [0.1, 0.15) is 11.1 Å². The fourth-order valence-electron chi connectivity index (χ4n) is 2.36. The van der Waals surface area contributed by atoms with Crippen LogP contribution in [0.4, 0.5) is 5.82 Å². The van der Waals surface area contributed by atoms with Crippen LogP contribution < -0.4 is 10.5 Å². The maximum absolute atomic E-state index is 9.62. The molecule has 7 nitrogen and oxygen atoms in total. The van der Waals surface area contributed by atoms with Gasteiger partial charge in [-0.25, -0.2) is 4.68 Å². The van der Waals surface area contributed by atoms with Gasteiger partial charge in [0.15, 0.2) is 0 Å². The van der Waals surface area contributed by atoms with Gasteiger partial charge in [0.1, 0.15) is 17.3 Å². The smallest absolute Gasteiger partial charge is 0.128 e. The van der Waals surface area contributed by atoms with Crippen LogP contribution in [0.25, 0.3) is 11.3 Å². The van der Waals surface area contributed by atoms with Gasteiger partial charge in [-0.3, -0.25) is 0 Å². The number of benzene rings is 1. The van der Waals surface area contributed by atoms with Gasteiger partial charge in [0.25, 0.3) is 0 Å². The summed E-state index contributed by atoms with van der Waals surface area (Å²) in [5.74, 6) is 1.23. The number of hydrogen-bond donors (Lipinski definition) is 2. The Balaban J connectivity index is 1.95. The SMILES string of the molecule is COc1ccc(Cn2nc(-c3ccnnc3)c(CO)c2N)cc1. The molecule has 0 aliphatic heterocycles. The van der Waals surface area contributed by atoms with E-state index in [0.717, 1.165) is 16.9 Å². The number of aromatic nitrogens is 4. The van der Waals surface area contributed by atoms with Gasteiger partial charge in [0.2, 0.25) is 0 Å². The second-order valence-corrected chi connectivity index (χ2v) is 5.01. The Morgan fingerprint density at radius 1 is 1.17 bits per heavy atom. The summed E-state index contributed by atoms with van der Waals surface area (Å²) in [5, 5.41) is 21.7. The minimum absolute atomic E-state index is 0.188. The molecule has 0 aliphatic rings. The third kappa shape index (κ3) is 3.00. The van der Waals surface area contributed by atoms with Crippen LogP contribution in [-0.2, 0) is 13.2 Å². The third-order valence-corrected chi connectivity index (χ3v) is 3.60. The van der Waals surface area contributed by atoms with Gasteiger partial charge in [-0.15, -0.1) is 0 Å². The maximum Gasteiger partial charge on any atom is 0.128 e. The van der Waals surface area contributed by atoms with Gasteiger partial charge >= 0.3 is 0 Å². The van der Waals surface area contributed by atoms with Gasteiger partial charge in [-0.2, -0.15) is 15.3 Å². The molecule has 0 radical (unpaired) electrons. The number of aliphatic hydroxyl groups is 1. The Hall–Kier alpha value is -2.93. The second kappa shape index (κ2) is 6.45. The lowest BCUT2D eigenvalue weighted by Crippen LogP contribution is -2.06. The molecular formula is C16H17N5O2. The fraction of sp³-hybridized carbons (Fsp3) is 0.188. The van der Waals surface area contributed by atoms with Crippen molar-refractivity contribution >= 4 is 5.82 Å². The van der Waals surface area contributed by atoms with Crippen molar-refractivity contribution in [1.29, 1.82) is 0 Å². The highest BCUT2D eigenvalue weighted by Gasteiger charge is 2.16. The van der Waals surface area contributed by atoms with Gasteiger partial charge in [0.05, 0.1) is 32.7 Å². The van der Waals surface area contributed by atoms with Crippen molar-refractivity contribution in [2.45, 2.75) is 13.2 Å². The first kappa shape index (κ1) is 15.0. The highest BCUT2D eigenvalue weighted by atomic mass is 16.5. The number of hydrogen-bond acceptors (Lipinski definition) is 6. The fourth-order valence-corrected chi connectivity index (χ4v) is 2.36. The molecule has 0 amide bonds. The van der Waals surface area contributed by atoms with Gasteiger partial charge in [0, 0.05) is 11.1 Å². The molecular weight excluding hydrogens is 294 g/mol. The lowest BCUT2D eigenvalue weighted by Gasteiger charge is -2.06. The normalized spacial score (nSPS) is 10.7. The number of nitrogens with zero attached hydrogens (tertiary/aromatic N) is 4. The quantitative estimate of drug-likeness (QED) is 0.740. The Morgan fingerprint density at radius 3 is 2.57 bits per heavy atom. The molecule has 0 aliphatic carbocycles. The number of rotatable bonds is 5. The predicted molar refractivity (Wildman–Crippen MR) is 85.7 cm³/mol. The number of nitrogens with two attached hydrogens (primary N) is 1. The monoisotopic (exact) mass is 311 g/mol. The number of aliphatic hydroxyl groups excluding tert-OH is 1. The zero-order chi connectivity index (χ0) is 16.2. The molecule has 3 aromatic rings. The number of ether oxygens (including phenoxy) is 1. The number of methoxy groups -OCH3 is 1. The van der Waals surface area contributed by atoms with Crippen LogP contribution in [0.2, 0.25) is 0 Å². The van der Waals surface area contributed by atoms with Crippen molar-refractivity contribution < 1.29 is 9.84 Å². The van der Waals surface area contributed by atoms with E-state index in [1.54, 1.807) is 30.3 Å². The predicted octanol–water partition coefficient (Wildman–Crippen LogP) is 1.47. The zero-order valence-corrected chi connectivity index (χ0v) is 12.7. The van der Waals surface area contributed by atoms with Crippen molar-refractivity contribution in [2.24, 2.45) is 0 Å². The number of nitrogen functional groups attached to an aromatic ring is 1. The molecule has 1 aromatic carbocycles. The standard InChI is InChI=1S/C16H17N5O2/c1-23-13-4-2-11(3-5-13)9-21-16(17)14(10-22)15(20-21)12-6-7-18-19-8-12/h2-8,22H,9-10,17H2,1H3. The third-order valence-electron chi connectivity index (χ3n) is 3.60. The second-order valence-electron chi connectivity index (χ2n) is 5.01. The molecule has 23 heavy (non-hydrogen) atoms. The summed E-state index contributed by atoms with van der Waals surface area (Å²) in [6.07, 6.45) is 3.17. The van der Waals surface area contributed by atoms with E-state index in [4.69, 9.17) is 10.5 Å². The highest BCUT2D eigenvalue weighted by Crippen LogP contribution is 2.27. The van der Waals surface area contributed by atoms with Crippen LogP contribution in [-0.4, -0.2) is 32.2 Å². The summed E-state index contributed by atoms with van der Waals surface area (Å²) in [4.78, 5) is 0. The van der Waals surface area contributed by atoms with Crippen molar-refractivity contribution in [3.05, 3.63) is 53.9 Å². The van der Waals surface area contributed by atoms with Crippen LogP contribution in [0.5, 0.6) is 5.75 Å². The van der Waals surface area contributed by atoms with Crippen LogP contribution in [0.15, 0.2) is 42.7 Å². The van der Waals surface area contributed by atoms with Gasteiger partial charge in [-0.1, -0.05) is 12.1 Å². The molecule has 118 valence electrons. The van der Waals surface area contributed by atoms with E-state index < -0.39 is 0 Å². The first-order valence-electron chi connectivity index (χ1n) is 7.09. The molecule has 2 heterocycles. The van der Waals surface area contributed by atoms with E-state index >= 15 is 0 Å². The molecule has 7 heteroatoms. The van der Waals surface area contributed by atoms with E-state index in [9.17, 15) is 5.11 Å². The molecule has 0 bridgehead atoms. The van der Waals surface area contributed by atoms with E-state index in [1.165, 1.54) is 0 Å². The van der Waals surface area contributed by atoms with E-state index in [0.29, 0.717) is 23.6 Å². The average Bonchev–Trinajstić information content (AvgIpc) is 2.92. The Morgan fingerprint density at radius 2 is 1.96 bits per heavy atom. The van der Waals surface area contributed by atoms with Crippen molar-refractivity contribution in [3.63, 3.8) is 0 Å². The lowest BCUT2D eigenvalue weighted by molar-refractivity contribution is 0.283. The molecule has 0 spiro atoms. The molecule has 0 saturated carbocycles. The van der Waals surface area contributed by atoms with Crippen molar-refractivity contribution in [3.8, 4) is 17.0 Å². The summed E-state index contributed by atoms with van der Waals surface area (Å²) in [5.41, 5.74) is 9.14. The summed E-state index contributed by atoms with van der Waals surface area (Å²) in [6, 6.07) is 9.45. The minimum atomic E-state index is -0.188. The molecule has 0 saturated heterocycles. The first-order valence-corrected chi connectivity index (χ1v) is 7.09. The van der Waals surface area contributed by atoms with E-state index in [2.05, 4.69) is 15.3 Å². The lowest BCUT2D eigenvalue weighted by atomic mass is 10.1. The topological polar surface area (TPSA) is 99.1 Å². The summed E-state index contributed by atoms with van der Waals surface area (Å²) < 4.78 is 6.82. The minimum Gasteiger partial charge on any atom is -0.497 e. The van der Waals surface area contributed by atoms with E-state index in [-0.39, 0.29) is 6.61 Å². The van der Waals surface area contributed by atoms with Crippen LogP contribution >= 0.6 is 0 Å². The molecule has 0 atom stereocenters.